The van der Waals surface area contributed by atoms with Crippen LogP contribution in [0.5, 0.6) is 0 Å². The van der Waals surface area contributed by atoms with E-state index >= 15 is 0 Å². The molecule has 78 valence electrons. The molecule has 1 heterocycles. The van der Waals surface area contributed by atoms with E-state index in [1.807, 2.05) is 12.1 Å². The van der Waals surface area contributed by atoms with Gasteiger partial charge in [0, 0.05) is 12.3 Å². The van der Waals surface area contributed by atoms with Crippen molar-refractivity contribution < 1.29 is 9.21 Å². The summed E-state index contributed by atoms with van der Waals surface area (Å²) in [6, 6.07) is 3.80. The number of alkyl halides is 1. The number of furan rings is 1. The number of thioether (sulfide) groups is 1. The molecule has 0 aliphatic rings. The van der Waals surface area contributed by atoms with Gasteiger partial charge in [-0.05, 0) is 12.1 Å². The summed E-state index contributed by atoms with van der Waals surface area (Å²) in [4.78, 5) is 10.7. The molecule has 1 aromatic rings. The zero-order valence-electron chi connectivity index (χ0n) is 7.66. The van der Waals surface area contributed by atoms with Gasteiger partial charge < -0.3 is 9.73 Å². The third-order valence-electron chi connectivity index (χ3n) is 1.51. The van der Waals surface area contributed by atoms with Crippen LogP contribution in [0.2, 0.25) is 0 Å². The Labute approximate surface area is 92.2 Å². The molecule has 1 N–H and O–H groups in total. The number of amides is 1. The van der Waals surface area contributed by atoms with Gasteiger partial charge in [0.05, 0.1) is 12.0 Å². The highest BCUT2D eigenvalue weighted by Gasteiger charge is 1.98. The molecule has 0 saturated heterocycles. The molecule has 0 spiro atoms. The van der Waals surface area contributed by atoms with E-state index in [2.05, 4.69) is 5.32 Å². The lowest BCUT2D eigenvalue weighted by atomic mass is 10.5. The highest BCUT2D eigenvalue weighted by atomic mass is 35.5. The van der Waals surface area contributed by atoms with Crippen molar-refractivity contribution in [3.8, 4) is 0 Å². The Hall–Kier alpha value is -0.610. The van der Waals surface area contributed by atoms with E-state index in [9.17, 15) is 4.79 Å². The smallest absolute Gasteiger partial charge is 0.234 e. The van der Waals surface area contributed by atoms with Gasteiger partial charge in [-0.15, -0.1) is 11.6 Å². The normalized spacial score (nSPS) is 10.1. The highest BCUT2D eigenvalue weighted by Crippen LogP contribution is 2.11. The number of hydrogen-bond acceptors (Lipinski definition) is 3. The van der Waals surface area contributed by atoms with Gasteiger partial charge >= 0.3 is 0 Å². The Kier molecular flexibility index (Phi) is 5.56. The van der Waals surface area contributed by atoms with Crippen molar-refractivity contribution in [2.45, 2.75) is 5.75 Å². The molecular formula is C9H12ClNO2S. The summed E-state index contributed by atoms with van der Waals surface area (Å²) >= 11 is 7.02. The van der Waals surface area contributed by atoms with E-state index < -0.39 is 0 Å². The summed E-state index contributed by atoms with van der Waals surface area (Å²) in [7, 11) is 0. The van der Waals surface area contributed by atoms with Gasteiger partial charge in [-0.2, -0.15) is 11.8 Å². The zero-order valence-corrected chi connectivity index (χ0v) is 9.24. The lowest BCUT2D eigenvalue weighted by Crippen LogP contribution is -2.26. The van der Waals surface area contributed by atoms with E-state index in [-0.39, 0.29) is 11.8 Å². The van der Waals surface area contributed by atoms with E-state index in [4.69, 9.17) is 16.0 Å². The molecule has 0 bridgehead atoms. The molecule has 1 amide bonds. The standard InChI is InChI=1S/C9H12ClNO2S/c10-6-9(12)11-3-5-14-7-8-2-1-4-13-8/h1-2,4H,3,5-7H2,(H,11,12). The molecule has 14 heavy (non-hydrogen) atoms. The maximum Gasteiger partial charge on any atom is 0.234 e. The largest absolute Gasteiger partial charge is 0.468 e. The van der Waals surface area contributed by atoms with E-state index in [1.165, 1.54) is 0 Å². The van der Waals surface area contributed by atoms with Crippen LogP contribution in [0.15, 0.2) is 22.8 Å². The van der Waals surface area contributed by atoms with Crippen LogP contribution in [-0.4, -0.2) is 24.1 Å². The summed E-state index contributed by atoms with van der Waals surface area (Å²) in [5.74, 6) is 2.57. The first-order valence-corrected chi connectivity index (χ1v) is 5.94. The number of rotatable bonds is 6. The van der Waals surface area contributed by atoms with Crippen LogP contribution in [0.25, 0.3) is 0 Å². The molecule has 0 saturated carbocycles. The summed E-state index contributed by atoms with van der Waals surface area (Å²) in [6.45, 7) is 0.650. The monoisotopic (exact) mass is 233 g/mol. The Morgan fingerprint density at radius 2 is 2.50 bits per heavy atom. The number of halogens is 1. The van der Waals surface area contributed by atoms with Gasteiger partial charge in [-0.25, -0.2) is 0 Å². The molecule has 0 unspecified atom stereocenters. The molecule has 0 radical (unpaired) electrons. The number of hydrogen-bond donors (Lipinski definition) is 1. The minimum atomic E-state index is -0.120. The van der Waals surface area contributed by atoms with Crippen molar-refractivity contribution in [1.29, 1.82) is 0 Å². The van der Waals surface area contributed by atoms with Crippen molar-refractivity contribution in [3.63, 3.8) is 0 Å². The van der Waals surface area contributed by atoms with Crippen molar-refractivity contribution in [2.24, 2.45) is 0 Å². The molecule has 0 aliphatic carbocycles. The van der Waals surface area contributed by atoms with E-state index in [0.29, 0.717) is 6.54 Å². The molecule has 1 aromatic heterocycles. The van der Waals surface area contributed by atoms with Crippen LogP contribution >= 0.6 is 23.4 Å². The first-order valence-electron chi connectivity index (χ1n) is 4.25. The lowest BCUT2D eigenvalue weighted by Gasteiger charge is -2.01. The molecule has 0 aromatic carbocycles. The van der Waals surface area contributed by atoms with Gasteiger partial charge in [0.1, 0.15) is 11.6 Å². The number of carbonyl (C=O) groups excluding carboxylic acids is 1. The summed E-state index contributed by atoms with van der Waals surface area (Å²) < 4.78 is 5.15. The van der Waals surface area contributed by atoms with Crippen LogP contribution in [0, 0.1) is 0 Å². The van der Waals surface area contributed by atoms with Gasteiger partial charge in [0.2, 0.25) is 5.91 Å². The zero-order chi connectivity index (χ0) is 10.2. The van der Waals surface area contributed by atoms with Crippen molar-refractivity contribution in [3.05, 3.63) is 24.2 Å². The minimum Gasteiger partial charge on any atom is -0.468 e. The van der Waals surface area contributed by atoms with Gasteiger partial charge in [-0.1, -0.05) is 0 Å². The second-order valence-electron chi connectivity index (χ2n) is 2.62. The lowest BCUT2D eigenvalue weighted by molar-refractivity contribution is -0.118. The highest BCUT2D eigenvalue weighted by molar-refractivity contribution is 7.98. The molecular weight excluding hydrogens is 222 g/mol. The predicted octanol–water partition coefficient (Wildman–Crippen LogP) is 1.87. The van der Waals surface area contributed by atoms with Crippen LogP contribution in [0.4, 0.5) is 0 Å². The second kappa shape index (κ2) is 6.79. The van der Waals surface area contributed by atoms with Crippen molar-refractivity contribution >= 4 is 29.3 Å². The fourth-order valence-electron chi connectivity index (χ4n) is 0.877. The van der Waals surface area contributed by atoms with E-state index in [1.54, 1.807) is 18.0 Å². The minimum absolute atomic E-state index is 0.0306. The summed E-state index contributed by atoms with van der Waals surface area (Å²) in [5.41, 5.74) is 0. The first-order chi connectivity index (χ1) is 6.83. The number of carbonyl (C=O) groups is 1. The van der Waals surface area contributed by atoms with Gasteiger partial charge in [-0.3, -0.25) is 4.79 Å². The maximum atomic E-state index is 10.7. The Balaban J connectivity index is 1.97. The third-order valence-corrected chi connectivity index (χ3v) is 2.74. The second-order valence-corrected chi connectivity index (χ2v) is 3.99. The van der Waals surface area contributed by atoms with Crippen LogP contribution in [0.3, 0.4) is 0 Å². The van der Waals surface area contributed by atoms with E-state index in [0.717, 1.165) is 17.3 Å². The predicted molar refractivity (Wildman–Crippen MR) is 58.6 cm³/mol. The molecule has 0 atom stereocenters. The Morgan fingerprint density at radius 3 is 3.14 bits per heavy atom. The van der Waals surface area contributed by atoms with Crippen molar-refractivity contribution in [2.75, 3.05) is 18.2 Å². The van der Waals surface area contributed by atoms with Crippen molar-refractivity contribution in [1.82, 2.24) is 5.32 Å². The maximum absolute atomic E-state index is 10.7. The summed E-state index contributed by atoms with van der Waals surface area (Å²) in [5, 5.41) is 2.69. The van der Waals surface area contributed by atoms with Crippen LogP contribution in [0.1, 0.15) is 5.76 Å². The average Bonchev–Trinajstić information content (AvgIpc) is 2.69. The molecule has 0 fully saturated rings. The fourth-order valence-corrected chi connectivity index (χ4v) is 1.73. The summed E-state index contributed by atoms with van der Waals surface area (Å²) in [6.07, 6.45) is 1.66. The molecule has 3 nitrogen and oxygen atoms in total. The first kappa shape index (κ1) is 11.5. The fraction of sp³-hybridized carbons (Fsp3) is 0.444. The Bertz CT molecular complexity index is 264. The SMILES string of the molecule is O=C(CCl)NCCSCc1ccco1. The van der Waals surface area contributed by atoms with Gasteiger partial charge in [0.25, 0.3) is 0 Å². The quantitative estimate of drug-likeness (QED) is 0.603. The Morgan fingerprint density at radius 1 is 1.64 bits per heavy atom. The molecule has 5 heteroatoms. The van der Waals surface area contributed by atoms with Crippen LogP contribution in [-0.2, 0) is 10.5 Å². The average molecular weight is 234 g/mol. The third kappa shape index (κ3) is 4.58. The molecule has 0 aliphatic heterocycles. The number of nitrogens with one attached hydrogen (secondary N) is 1. The topological polar surface area (TPSA) is 42.2 Å². The van der Waals surface area contributed by atoms with Crippen LogP contribution < -0.4 is 5.32 Å². The van der Waals surface area contributed by atoms with Gasteiger partial charge in [0.15, 0.2) is 0 Å². The molecule has 1 rings (SSSR count).